The van der Waals surface area contributed by atoms with Crippen molar-refractivity contribution in [2.24, 2.45) is 5.92 Å². The van der Waals surface area contributed by atoms with Gasteiger partial charge in [-0.05, 0) is 44.7 Å². The molecule has 1 aliphatic heterocycles. The molecule has 1 aromatic heterocycles. The Bertz CT molecular complexity index is 528. The molecule has 1 aromatic rings. The van der Waals surface area contributed by atoms with Gasteiger partial charge in [-0.25, -0.2) is 0 Å². The molecule has 0 spiro atoms. The van der Waals surface area contributed by atoms with Crippen LogP contribution < -0.4 is 5.32 Å². The maximum Gasteiger partial charge on any atom is 0.248 e. The topological polar surface area (TPSA) is 71.5 Å². The fraction of sp³-hybridized carbons (Fsp3) is 0.611. The molecule has 0 saturated carbocycles. The number of hydrogen-bond acceptors (Lipinski definition) is 4. The lowest BCUT2D eigenvalue weighted by molar-refractivity contribution is -0.139. The number of rotatable bonds is 7. The molecule has 0 aliphatic carbocycles. The highest BCUT2D eigenvalue weighted by Crippen LogP contribution is 2.18. The predicted molar refractivity (Wildman–Crippen MR) is 91.3 cm³/mol. The van der Waals surface area contributed by atoms with E-state index in [9.17, 15) is 9.59 Å². The van der Waals surface area contributed by atoms with Crippen LogP contribution in [0.1, 0.15) is 32.3 Å². The summed E-state index contributed by atoms with van der Waals surface area (Å²) in [6, 6.07) is 3.98. The number of nitrogens with one attached hydrogen (secondary N) is 1. The predicted octanol–water partition coefficient (Wildman–Crippen LogP) is 1.40. The lowest BCUT2D eigenvalue weighted by atomic mass is 9.95. The first-order chi connectivity index (χ1) is 11.6. The highest BCUT2D eigenvalue weighted by Gasteiger charge is 2.27. The molecule has 6 heteroatoms. The summed E-state index contributed by atoms with van der Waals surface area (Å²) in [7, 11) is 0. The van der Waals surface area contributed by atoms with Crippen LogP contribution in [0.3, 0.4) is 0 Å². The third-order valence-corrected chi connectivity index (χ3v) is 4.30. The molecule has 2 rings (SSSR count). The van der Waals surface area contributed by atoms with Gasteiger partial charge in [0.1, 0.15) is 6.61 Å². The Kier molecular flexibility index (Phi) is 7.18. The Morgan fingerprint density at radius 1 is 1.42 bits per heavy atom. The summed E-state index contributed by atoms with van der Waals surface area (Å²) >= 11 is 0. The zero-order valence-corrected chi connectivity index (χ0v) is 14.5. The largest absolute Gasteiger partial charge is 0.372 e. The Morgan fingerprint density at radius 3 is 2.79 bits per heavy atom. The van der Waals surface area contributed by atoms with Gasteiger partial charge in [0.15, 0.2) is 0 Å². The van der Waals surface area contributed by atoms with Gasteiger partial charge < -0.3 is 15.0 Å². The molecule has 1 saturated heterocycles. The van der Waals surface area contributed by atoms with Crippen molar-refractivity contribution in [2.45, 2.75) is 39.2 Å². The minimum absolute atomic E-state index is 0.0145. The monoisotopic (exact) mass is 333 g/mol. The van der Waals surface area contributed by atoms with Gasteiger partial charge in [0.25, 0.3) is 0 Å². The molecule has 1 fully saturated rings. The van der Waals surface area contributed by atoms with Crippen LogP contribution in [0.5, 0.6) is 0 Å². The van der Waals surface area contributed by atoms with Gasteiger partial charge in [-0.2, -0.15) is 0 Å². The van der Waals surface area contributed by atoms with E-state index in [1.165, 1.54) is 0 Å². The molecule has 1 atom stereocenters. The summed E-state index contributed by atoms with van der Waals surface area (Å²) in [5.74, 6) is 0.0847. The summed E-state index contributed by atoms with van der Waals surface area (Å²) in [5.41, 5.74) is 1.11. The number of amides is 2. The van der Waals surface area contributed by atoms with E-state index >= 15 is 0 Å². The van der Waals surface area contributed by atoms with Crippen molar-refractivity contribution in [1.29, 1.82) is 0 Å². The normalized spacial score (nSPS) is 16.7. The molecular weight excluding hydrogens is 306 g/mol. The Labute approximate surface area is 143 Å². The van der Waals surface area contributed by atoms with E-state index in [0.29, 0.717) is 32.5 Å². The van der Waals surface area contributed by atoms with Gasteiger partial charge in [-0.3, -0.25) is 14.6 Å². The average Bonchev–Trinajstić information content (AvgIpc) is 2.60. The van der Waals surface area contributed by atoms with E-state index in [1.54, 1.807) is 11.1 Å². The van der Waals surface area contributed by atoms with Crippen molar-refractivity contribution in [3.63, 3.8) is 0 Å². The van der Waals surface area contributed by atoms with Crippen LogP contribution >= 0.6 is 0 Å². The third kappa shape index (κ3) is 5.60. The van der Waals surface area contributed by atoms with Crippen LogP contribution in [-0.2, 0) is 20.7 Å². The Balaban J connectivity index is 1.73. The Hall–Kier alpha value is -1.95. The van der Waals surface area contributed by atoms with Gasteiger partial charge in [0.05, 0.1) is 0 Å². The highest BCUT2D eigenvalue weighted by molar-refractivity contribution is 5.80. The number of piperidine rings is 1. The molecule has 0 radical (unpaired) electrons. The van der Waals surface area contributed by atoms with Crippen molar-refractivity contribution in [1.82, 2.24) is 15.2 Å². The molecule has 6 nitrogen and oxygen atoms in total. The van der Waals surface area contributed by atoms with Crippen LogP contribution in [0.2, 0.25) is 0 Å². The molecule has 2 amide bonds. The Morgan fingerprint density at radius 2 is 2.17 bits per heavy atom. The minimum Gasteiger partial charge on any atom is -0.372 e. The first kappa shape index (κ1) is 18.4. The average molecular weight is 333 g/mol. The second-order valence-electron chi connectivity index (χ2n) is 6.27. The number of hydrogen-bond donors (Lipinski definition) is 1. The number of likely N-dealkylation sites (tertiary alicyclic amines) is 1. The van der Waals surface area contributed by atoms with E-state index in [0.717, 1.165) is 12.0 Å². The van der Waals surface area contributed by atoms with Gasteiger partial charge in [-0.15, -0.1) is 0 Å². The standard InChI is InChI=1S/C18H27N3O3/c1-3-24-13-17(22)21-9-6-16(7-10-21)18(23)20-14(2)11-15-5-4-8-19-12-15/h4-5,8,12,14,16H,3,6-7,9-11,13H2,1-2H3,(H,20,23)/t14-/m0/s1. The lowest BCUT2D eigenvalue weighted by Crippen LogP contribution is -2.46. The maximum absolute atomic E-state index is 12.4. The van der Waals surface area contributed by atoms with Crippen LogP contribution in [0, 0.1) is 5.92 Å². The SMILES string of the molecule is CCOCC(=O)N1CCC(C(=O)N[C@@H](C)Cc2cccnc2)CC1. The van der Waals surface area contributed by atoms with Crippen molar-refractivity contribution < 1.29 is 14.3 Å². The third-order valence-electron chi connectivity index (χ3n) is 4.30. The zero-order valence-electron chi connectivity index (χ0n) is 14.5. The molecule has 24 heavy (non-hydrogen) atoms. The fourth-order valence-electron chi connectivity index (χ4n) is 2.96. The van der Waals surface area contributed by atoms with E-state index in [4.69, 9.17) is 4.74 Å². The number of carbonyl (C=O) groups is 2. The molecule has 1 aliphatic rings. The summed E-state index contributed by atoms with van der Waals surface area (Å²) < 4.78 is 5.16. The molecule has 0 unspecified atom stereocenters. The summed E-state index contributed by atoms with van der Waals surface area (Å²) in [4.78, 5) is 30.2. The first-order valence-corrected chi connectivity index (χ1v) is 8.65. The van der Waals surface area contributed by atoms with Crippen LogP contribution in [0.4, 0.5) is 0 Å². The van der Waals surface area contributed by atoms with Crippen molar-refractivity contribution >= 4 is 11.8 Å². The second kappa shape index (κ2) is 9.37. The van der Waals surface area contributed by atoms with Crippen molar-refractivity contribution in [3.05, 3.63) is 30.1 Å². The number of pyridine rings is 1. The number of aromatic nitrogens is 1. The van der Waals surface area contributed by atoms with Crippen LogP contribution in [-0.4, -0.2) is 54.0 Å². The van der Waals surface area contributed by atoms with Gasteiger partial charge in [0.2, 0.25) is 11.8 Å². The molecule has 0 bridgehead atoms. The van der Waals surface area contributed by atoms with Crippen molar-refractivity contribution in [2.75, 3.05) is 26.3 Å². The maximum atomic E-state index is 12.4. The second-order valence-corrected chi connectivity index (χ2v) is 6.27. The van der Waals surface area contributed by atoms with E-state index in [-0.39, 0.29) is 30.4 Å². The van der Waals surface area contributed by atoms with Crippen molar-refractivity contribution in [3.8, 4) is 0 Å². The molecule has 132 valence electrons. The summed E-state index contributed by atoms with van der Waals surface area (Å²) in [6.45, 7) is 5.80. The fourth-order valence-corrected chi connectivity index (χ4v) is 2.96. The zero-order chi connectivity index (χ0) is 17.4. The number of ether oxygens (including phenoxy) is 1. The van der Waals surface area contributed by atoms with Crippen LogP contribution in [0.25, 0.3) is 0 Å². The first-order valence-electron chi connectivity index (χ1n) is 8.65. The lowest BCUT2D eigenvalue weighted by Gasteiger charge is -2.31. The van der Waals surface area contributed by atoms with Gasteiger partial charge >= 0.3 is 0 Å². The quantitative estimate of drug-likeness (QED) is 0.819. The van der Waals surface area contributed by atoms with E-state index < -0.39 is 0 Å². The highest BCUT2D eigenvalue weighted by atomic mass is 16.5. The van der Waals surface area contributed by atoms with Crippen LogP contribution in [0.15, 0.2) is 24.5 Å². The number of carbonyl (C=O) groups excluding carboxylic acids is 2. The van der Waals surface area contributed by atoms with E-state index in [2.05, 4.69) is 10.3 Å². The smallest absolute Gasteiger partial charge is 0.248 e. The van der Waals surface area contributed by atoms with Gasteiger partial charge in [0, 0.05) is 44.0 Å². The summed E-state index contributed by atoms with van der Waals surface area (Å²) in [5, 5.41) is 3.08. The molecule has 0 aromatic carbocycles. The van der Waals surface area contributed by atoms with E-state index in [1.807, 2.05) is 32.2 Å². The molecule has 1 N–H and O–H groups in total. The number of nitrogens with zero attached hydrogens (tertiary/aromatic N) is 2. The van der Waals surface area contributed by atoms with Gasteiger partial charge in [-0.1, -0.05) is 6.07 Å². The molecular formula is C18H27N3O3. The molecule has 2 heterocycles. The minimum atomic E-state index is -0.0162. The summed E-state index contributed by atoms with van der Waals surface area (Å²) in [6.07, 6.45) is 5.76.